The summed E-state index contributed by atoms with van der Waals surface area (Å²) < 4.78 is 0. The first-order chi connectivity index (χ1) is 20.4. The molecule has 0 bridgehead atoms. The molecule has 2 heterocycles. The molecule has 0 unspecified atom stereocenters. The van der Waals surface area contributed by atoms with Crippen LogP contribution in [0.4, 0.5) is 22.7 Å². The van der Waals surface area contributed by atoms with Crippen LogP contribution in [0.2, 0.25) is 0 Å². The second kappa shape index (κ2) is 9.65. The number of para-hydroxylation sites is 1. The third-order valence-electron chi connectivity index (χ3n) is 8.02. The van der Waals surface area contributed by atoms with E-state index in [4.69, 9.17) is 0 Å². The molecular formula is C36H25BN4. The van der Waals surface area contributed by atoms with Gasteiger partial charge in [-0.15, -0.1) is 0 Å². The largest absolute Gasteiger partial charge is 0.420 e. The Morgan fingerprint density at radius 2 is 0.878 bits per heavy atom. The van der Waals surface area contributed by atoms with Gasteiger partial charge in [0.15, 0.2) is 0 Å². The number of hydrogen-bond acceptors (Lipinski definition) is 4. The number of rotatable bonds is 4. The molecule has 7 aromatic rings. The molecule has 0 saturated carbocycles. The normalized spacial score (nSPS) is 12.7. The first-order valence-electron chi connectivity index (χ1n) is 13.9. The maximum Gasteiger partial charge on any atom is 0.420 e. The lowest BCUT2D eigenvalue weighted by molar-refractivity contribution is 1.17. The van der Waals surface area contributed by atoms with Crippen molar-refractivity contribution in [1.29, 1.82) is 0 Å². The molecule has 0 aliphatic carbocycles. The average molecular weight is 524 g/mol. The Balaban J connectivity index is 1.46. The van der Waals surface area contributed by atoms with Crippen molar-refractivity contribution in [2.45, 2.75) is 0 Å². The van der Waals surface area contributed by atoms with E-state index in [1.807, 2.05) is 12.4 Å². The van der Waals surface area contributed by atoms with Crippen molar-refractivity contribution in [3.8, 4) is 11.1 Å². The third-order valence-corrected chi connectivity index (χ3v) is 8.02. The summed E-state index contributed by atoms with van der Waals surface area (Å²) in [5.41, 5.74) is 8.04. The molecule has 1 aromatic heterocycles. The minimum atomic E-state index is -0.0891. The molecule has 1 aliphatic rings. The van der Waals surface area contributed by atoms with E-state index in [-0.39, 0.29) is 6.98 Å². The standard InChI is InChI=1S/C36H25BN4/c1-3-11-28(12-4-1)37-40(29-13-5-2-6-14-29)35-33-17-9-7-15-31(33)32-16-8-10-18-34(32)36(35)41(37)30-21-19-26(20-22-30)27-23-38-25-39-24-27/h1-25H. The monoisotopic (exact) mass is 524 g/mol. The molecule has 5 heteroatoms. The number of aromatic nitrogens is 2. The van der Waals surface area contributed by atoms with Gasteiger partial charge in [0.25, 0.3) is 0 Å². The van der Waals surface area contributed by atoms with Gasteiger partial charge in [-0.3, -0.25) is 0 Å². The third kappa shape index (κ3) is 3.78. The molecule has 0 atom stereocenters. The van der Waals surface area contributed by atoms with E-state index >= 15 is 0 Å². The van der Waals surface area contributed by atoms with Gasteiger partial charge < -0.3 is 9.62 Å². The van der Waals surface area contributed by atoms with Gasteiger partial charge in [-0.2, -0.15) is 0 Å². The summed E-state index contributed by atoms with van der Waals surface area (Å²) in [5.74, 6) is 0. The minimum Gasteiger partial charge on any atom is -0.359 e. The number of anilines is 4. The summed E-state index contributed by atoms with van der Waals surface area (Å²) in [5, 5.41) is 5.00. The quantitative estimate of drug-likeness (QED) is 0.172. The highest BCUT2D eigenvalue weighted by Gasteiger charge is 2.45. The highest BCUT2D eigenvalue weighted by Crippen LogP contribution is 2.53. The summed E-state index contributed by atoms with van der Waals surface area (Å²) in [4.78, 5) is 13.5. The summed E-state index contributed by atoms with van der Waals surface area (Å²) in [6.07, 6.45) is 5.28. The number of benzene rings is 6. The zero-order valence-corrected chi connectivity index (χ0v) is 22.3. The number of hydrogen-bond donors (Lipinski definition) is 0. The van der Waals surface area contributed by atoms with Gasteiger partial charge in [0.05, 0.1) is 11.4 Å². The van der Waals surface area contributed by atoms with E-state index in [0.29, 0.717) is 0 Å². The topological polar surface area (TPSA) is 32.3 Å². The van der Waals surface area contributed by atoms with Gasteiger partial charge >= 0.3 is 6.98 Å². The van der Waals surface area contributed by atoms with Crippen LogP contribution in [0.25, 0.3) is 32.7 Å². The summed E-state index contributed by atoms with van der Waals surface area (Å²) in [6, 6.07) is 48.0. The zero-order valence-electron chi connectivity index (χ0n) is 22.3. The van der Waals surface area contributed by atoms with Crippen LogP contribution in [0.5, 0.6) is 0 Å². The Labute approximate surface area is 239 Å². The Kier molecular flexibility index (Phi) is 5.52. The van der Waals surface area contributed by atoms with Crippen molar-refractivity contribution < 1.29 is 0 Å². The van der Waals surface area contributed by atoms with Crippen LogP contribution in [0.1, 0.15) is 0 Å². The number of fused-ring (bicyclic) bond motifs is 6. The van der Waals surface area contributed by atoms with Gasteiger partial charge in [-0.1, -0.05) is 109 Å². The van der Waals surface area contributed by atoms with E-state index in [9.17, 15) is 0 Å². The summed E-state index contributed by atoms with van der Waals surface area (Å²) in [7, 11) is 0. The SMILES string of the molecule is c1ccc(B2N(c3ccccc3)c3c(c4ccccc4c4ccccc34)N2c2ccc(-c3cncnc3)cc2)cc1. The van der Waals surface area contributed by atoms with Gasteiger partial charge in [0.2, 0.25) is 0 Å². The molecule has 0 radical (unpaired) electrons. The molecule has 0 amide bonds. The van der Waals surface area contributed by atoms with E-state index in [1.54, 1.807) is 6.33 Å². The van der Waals surface area contributed by atoms with Gasteiger partial charge in [-0.05, 0) is 46.1 Å². The van der Waals surface area contributed by atoms with Crippen molar-refractivity contribution >= 4 is 56.7 Å². The highest BCUT2D eigenvalue weighted by molar-refractivity contribution is 6.85. The van der Waals surface area contributed by atoms with Gasteiger partial charge in [-0.25, -0.2) is 9.97 Å². The summed E-state index contributed by atoms with van der Waals surface area (Å²) in [6.45, 7) is -0.0891. The second-order valence-corrected chi connectivity index (χ2v) is 10.3. The van der Waals surface area contributed by atoms with Crippen LogP contribution in [0, 0.1) is 0 Å². The maximum atomic E-state index is 4.22. The second-order valence-electron chi connectivity index (χ2n) is 10.3. The van der Waals surface area contributed by atoms with Crippen LogP contribution in [-0.4, -0.2) is 17.0 Å². The summed E-state index contributed by atoms with van der Waals surface area (Å²) >= 11 is 0. The minimum absolute atomic E-state index is 0.0891. The van der Waals surface area contributed by atoms with Gasteiger partial charge in [0, 0.05) is 40.1 Å². The molecule has 1 aliphatic heterocycles. The lowest BCUT2D eigenvalue weighted by atomic mass is 9.64. The average Bonchev–Trinajstić information content (AvgIpc) is 3.43. The lowest BCUT2D eigenvalue weighted by Gasteiger charge is -2.30. The molecule has 192 valence electrons. The Morgan fingerprint density at radius 1 is 0.415 bits per heavy atom. The van der Waals surface area contributed by atoms with Crippen molar-refractivity contribution in [3.05, 3.63) is 152 Å². The van der Waals surface area contributed by atoms with Crippen molar-refractivity contribution in [3.63, 3.8) is 0 Å². The highest BCUT2D eigenvalue weighted by atomic mass is 15.3. The molecule has 0 N–H and O–H groups in total. The predicted molar refractivity (Wildman–Crippen MR) is 171 cm³/mol. The Morgan fingerprint density at radius 3 is 1.44 bits per heavy atom. The molecule has 0 spiro atoms. The molecular weight excluding hydrogens is 499 g/mol. The zero-order chi connectivity index (χ0) is 27.2. The molecule has 8 rings (SSSR count). The van der Waals surface area contributed by atoms with Crippen LogP contribution in [-0.2, 0) is 0 Å². The van der Waals surface area contributed by atoms with Crippen LogP contribution in [0.3, 0.4) is 0 Å². The fraction of sp³-hybridized carbons (Fsp3) is 0. The van der Waals surface area contributed by atoms with E-state index in [1.165, 1.54) is 38.4 Å². The molecule has 6 aromatic carbocycles. The number of nitrogens with zero attached hydrogens (tertiary/aromatic N) is 4. The van der Waals surface area contributed by atoms with Crippen molar-refractivity contribution in [2.75, 3.05) is 9.62 Å². The predicted octanol–water partition coefficient (Wildman–Crippen LogP) is 8.14. The molecule has 41 heavy (non-hydrogen) atoms. The van der Waals surface area contributed by atoms with Crippen LogP contribution in [0.15, 0.2) is 152 Å². The first-order valence-corrected chi connectivity index (χ1v) is 13.9. The van der Waals surface area contributed by atoms with Gasteiger partial charge in [0.1, 0.15) is 6.33 Å². The Bertz CT molecular complexity index is 2000. The molecule has 4 nitrogen and oxygen atoms in total. The van der Waals surface area contributed by atoms with Crippen LogP contribution >= 0.6 is 0 Å². The van der Waals surface area contributed by atoms with Crippen molar-refractivity contribution in [2.24, 2.45) is 0 Å². The lowest BCUT2D eigenvalue weighted by Crippen LogP contribution is -2.53. The van der Waals surface area contributed by atoms with E-state index in [0.717, 1.165) is 22.5 Å². The fourth-order valence-electron chi connectivity index (χ4n) is 6.27. The maximum absolute atomic E-state index is 4.22. The van der Waals surface area contributed by atoms with Crippen molar-refractivity contribution in [1.82, 2.24) is 9.97 Å². The van der Waals surface area contributed by atoms with E-state index in [2.05, 4.69) is 153 Å². The first kappa shape index (κ1) is 23.5. The van der Waals surface area contributed by atoms with Crippen LogP contribution < -0.4 is 15.1 Å². The fourth-order valence-corrected chi connectivity index (χ4v) is 6.27. The molecule has 0 fully saturated rings. The Hall–Kier alpha value is -5.42. The van der Waals surface area contributed by atoms with E-state index < -0.39 is 0 Å². The molecule has 0 saturated heterocycles. The smallest absolute Gasteiger partial charge is 0.359 e.